The molecule has 0 N–H and O–H groups in total. The van der Waals surface area contributed by atoms with Gasteiger partial charge in [-0.25, -0.2) is 4.79 Å². The fourth-order valence-electron chi connectivity index (χ4n) is 1.56. The Hall–Kier alpha value is -0.910. The summed E-state index contributed by atoms with van der Waals surface area (Å²) >= 11 is 0. The van der Waals surface area contributed by atoms with E-state index in [-0.39, 0.29) is 12.0 Å². The van der Waals surface area contributed by atoms with Crippen molar-refractivity contribution in [1.82, 2.24) is 0 Å². The van der Waals surface area contributed by atoms with E-state index in [0.717, 1.165) is 12.5 Å². The first-order chi connectivity index (χ1) is 8.22. The predicted octanol–water partition coefficient (Wildman–Crippen LogP) is 1.13. The monoisotopic (exact) mass is 244 g/mol. The Balaban J connectivity index is 2.15. The van der Waals surface area contributed by atoms with Crippen LogP contribution in [0.3, 0.4) is 0 Å². The van der Waals surface area contributed by atoms with E-state index in [1.54, 1.807) is 0 Å². The van der Waals surface area contributed by atoms with Gasteiger partial charge in [-0.3, -0.25) is 0 Å². The maximum Gasteiger partial charge on any atom is 0.330 e. The second-order valence-corrected chi connectivity index (χ2v) is 4.09. The second-order valence-electron chi connectivity index (χ2n) is 4.09. The summed E-state index contributed by atoms with van der Waals surface area (Å²) in [4.78, 5) is 10.8. The Bertz CT molecular complexity index is 245. The van der Waals surface area contributed by atoms with Crippen molar-refractivity contribution in [3.63, 3.8) is 0 Å². The zero-order valence-corrected chi connectivity index (χ0v) is 10.3. The minimum absolute atomic E-state index is 0.0688. The second kappa shape index (κ2) is 7.42. The molecule has 5 heteroatoms. The fraction of sp³-hybridized carbons (Fsp3) is 0.750. The Kier molecular flexibility index (Phi) is 6.18. The molecule has 0 unspecified atom stereocenters. The van der Waals surface area contributed by atoms with Gasteiger partial charge in [-0.1, -0.05) is 13.5 Å². The zero-order valence-electron chi connectivity index (χ0n) is 10.3. The molecule has 1 saturated heterocycles. The lowest BCUT2D eigenvalue weighted by atomic mass is 9.87. The Morgan fingerprint density at radius 1 is 1.41 bits per heavy atom. The summed E-state index contributed by atoms with van der Waals surface area (Å²) in [5.74, 6) is -0.428. The van der Waals surface area contributed by atoms with E-state index in [1.807, 2.05) is 0 Å². The Morgan fingerprint density at radius 2 is 2.12 bits per heavy atom. The number of hydrogen-bond donors (Lipinski definition) is 0. The van der Waals surface area contributed by atoms with Crippen LogP contribution in [0, 0.1) is 5.41 Å². The van der Waals surface area contributed by atoms with Crippen LogP contribution in [0.2, 0.25) is 0 Å². The first-order valence-electron chi connectivity index (χ1n) is 5.75. The highest BCUT2D eigenvalue weighted by molar-refractivity contribution is 5.81. The van der Waals surface area contributed by atoms with Crippen LogP contribution in [-0.4, -0.2) is 45.8 Å². The van der Waals surface area contributed by atoms with Gasteiger partial charge < -0.3 is 18.9 Å². The molecule has 1 fully saturated rings. The smallest absolute Gasteiger partial charge is 0.330 e. The quantitative estimate of drug-likeness (QED) is 0.382. The summed E-state index contributed by atoms with van der Waals surface area (Å²) < 4.78 is 20.9. The number of ether oxygens (including phenoxy) is 4. The molecule has 0 radical (unpaired) electrons. The van der Waals surface area contributed by atoms with Crippen molar-refractivity contribution in [3.8, 4) is 0 Å². The molecule has 1 rings (SSSR count). The molecule has 5 nitrogen and oxygen atoms in total. The van der Waals surface area contributed by atoms with Crippen molar-refractivity contribution in [3.05, 3.63) is 12.7 Å². The maximum absolute atomic E-state index is 10.8. The van der Waals surface area contributed by atoms with Crippen molar-refractivity contribution in [2.75, 3.05) is 39.8 Å². The molecule has 0 atom stereocenters. The lowest BCUT2D eigenvalue weighted by Crippen LogP contribution is -2.41. The largest absolute Gasteiger partial charge is 0.460 e. The molecular weight excluding hydrogens is 224 g/mol. The van der Waals surface area contributed by atoms with Gasteiger partial charge >= 0.3 is 5.97 Å². The van der Waals surface area contributed by atoms with Crippen LogP contribution in [0.4, 0.5) is 0 Å². The van der Waals surface area contributed by atoms with Crippen molar-refractivity contribution < 1.29 is 23.7 Å². The minimum Gasteiger partial charge on any atom is -0.460 e. The van der Waals surface area contributed by atoms with Gasteiger partial charge in [0.25, 0.3) is 0 Å². The van der Waals surface area contributed by atoms with Gasteiger partial charge in [0.05, 0.1) is 26.4 Å². The lowest BCUT2D eigenvalue weighted by Gasteiger charge is -2.35. The van der Waals surface area contributed by atoms with Gasteiger partial charge in [-0.2, -0.15) is 0 Å². The summed E-state index contributed by atoms with van der Waals surface area (Å²) in [6.07, 6.45) is 2.07. The number of carbonyl (C=O) groups excluding carboxylic acids is 1. The van der Waals surface area contributed by atoms with E-state index in [1.165, 1.54) is 0 Å². The highest BCUT2D eigenvalue weighted by atomic mass is 16.7. The molecular formula is C12H20O5. The average Bonchev–Trinajstić information content (AvgIpc) is 2.39. The van der Waals surface area contributed by atoms with Gasteiger partial charge in [-0.05, 0) is 6.42 Å². The molecule has 1 heterocycles. The molecule has 0 spiro atoms. The molecule has 0 aromatic rings. The molecule has 0 bridgehead atoms. The van der Waals surface area contributed by atoms with Crippen LogP contribution < -0.4 is 0 Å². The van der Waals surface area contributed by atoms with Crippen LogP contribution in [0.15, 0.2) is 12.7 Å². The van der Waals surface area contributed by atoms with Gasteiger partial charge in [-0.15, -0.1) is 0 Å². The van der Waals surface area contributed by atoms with E-state index in [2.05, 4.69) is 13.5 Å². The van der Waals surface area contributed by atoms with Crippen LogP contribution in [0.1, 0.15) is 13.3 Å². The molecule has 1 aliphatic rings. The number of carbonyl (C=O) groups is 1. The summed E-state index contributed by atoms with van der Waals surface area (Å²) in [7, 11) is 0. The third-order valence-corrected chi connectivity index (χ3v) is 2.78. The van der Waals surface area contributed by atoms with Crippen LogP contribution in [-0.2, 0) is 23.7 Å². The third-order valence-electron chi connectivity index (χ3n) is 2.78. The molecule has 98 valence electrons. The Labute approximate surface area is 102 Å². The molecule has 0 aromatic carbocycles. The normalized spacial score (nSPS) is 18.6. The summed E-state index contributed by atoms with van der Waals surface area (Å²) in [5.41, 5.74) is -0.0688. The van der Waals surface area contributed by atoms with Crippen molar-refractivity contribution in [1.29, 1.82) is 0 Å². The van der Waals surface area contributed by atoms with Crippen molar-refractivity contribution in [2.45, 2.75) is 13.3 Å². The SMILES string of the molecule is C=CC(=O)OCCOCC1(CC)COCOC1. The highest BCUT2D eigenvalue weighted by Crippen LogP contribution is 2.26. The summed E-state index contributed by atoms with van der Waals surface area (Å²) in [6, 6.07) is 0. The van der Waals surface area contributed by atoms with Crippen LogP contribution in [0.5, 0.6) is 0 Å². The van der Waals surface area contributed by atoms with Gasteiger partial charge in [0.2, 0.25) is 0 Å². The predicted molar refractivity (Wildman–Crippen MR) is 61.5 cm³/mol. The number of hydrogen-bond acceptors (Lipinski definition) is 5. The van der Waals surface area contributed by atoms with Crippen molar-refractivity contribution >= 4 is 5.97 Å². The molecule has 0 amide bonds. The fourth-order valence-corrected chi connectivity index (χ4v) is 1.56. The lowest BCUT2D eigenvalue weighted by molar-refractivity contribution is -0.183. The summed E-state index contributed by atoms with van der Waals surface area (Å²) in [6.45, 7) is 8.22. The minimum atomic E-state index is -0.428. The summed E-state index contributed by atoms with van der Waals surface area (Å²) in [5, 5.41) is 0. The van der Waals surface area contributed by atoms with E-state index < -0.39 is 5.97 Å². The molecule has 0 aromatic heterocycles. The molecule has 1 aliphatic heterocycles. The van der Waals surface area contributed by atoms with E-state index in [0.29, 0.717) is 33.2 Å². The van der Waals surface area contributed by atoms with Gasteiger partial charge in [0.1, 0.15) is 13.4 Å². The average molecular weight is 244 g/mol. The Morgan fingerprint density at radius 3 is 2.71 bits per heavy atom. The van der Waals surface area contributed by atoms with Crippen LogP contribution >= 0.6 is 0 Å². The molecule has 0 aliphatic carbocycles. The third kappa shape index (κ3) is 4.85. The highest BCUT2D eigenvalue weighted by Gasteiger charge is 2.32. The van der Waals surface area contributed by atoms with Crippen LogP contribution in [0.25, 0.3) is 0 Å². The van der Waals surface area contributed by atoms with Crippen molar-refractivity contribution in [2.24, 2.45) is 5.41 Å². The van der Waals surface area contributed by atoms with E-state index >= 15 is 0 Å². The van der Waals surface area contributed by atoms with Gasteiger partial charge in [0, 0.05) is 11.5 Å². The first kappa shape index (κ1) is 14.2. The maximum atomic E-state index is 10.8. The van der Waals surface area contributed by atoms with E-state index in [4.69, 9.17) is 18.9 Å². The van der Waals surface area contributed by atoms with Gasteiger partial charge in [0.15, 0.2) is 0 Å². The standard InChI is InChI=1S/C12H20O5/c1-3-11(13)17-6-5-14-7-12(4-2)8-15-10-16-9-12/h3H,1,4-10H2,2H3. The molecule has 0 saturated carbocycles. The first-order valence-corrected chi connectivity index (χ1v) is 5.75. The number of esters is 1. The van der Waals surface area contributed by atoms with E-state index in [9.17, 15) is 4.79 Å². The molecule has 17 heavy (non-hydrogen) atoms. The zero-order chi connectivity index (χ0) is 12.6. The number of rotatable bonds is 7. The topological polar surface area (TPSA) is 54.0 Å².